The SMILES string of the molecule is CN(C)c1cncc(-c2cnc3n[nH]c(-c4nc5ncccc5[nH]4)c3c2F)c1. The summed E-state index contributed by atoms with van der Waals surface area (Å²) in [6, 6.07) is 5.53. The molecular formula is C19H15FN8. The zero-order valence-electron chi connectivity index (χ0n) is 15.1. The first-order valence-electron chi connectivity index (χ1n) is 8.58. The van der Waals surface area contributed by atoms with E-state index in [0.717, 1.165) is 11.2 Å². The van der Waals surface area contributed by atoms with Crippen LogP contribution in [-0.2, 0) is 0 Å². The predicted molar refractivity (Wildman–Crippen MR) is 104 cm³/mol. The standard InChI is InChI=1S/C19H15FN8/c1-28(2)11-6-10(7-21-8-11)12-9-23-18-14(15(12)20)16(26-27-18)19-24-13-4-3-5-22-17(13)25-19/h3-9H,1-2H3,(H,22,24,25)(H,23,26,27). The second kappa shape index (κ2) is 6.08. The lowest BCUT2D eigenvalue weighted by Crippen LogP contribution is -2.08. The highest BCUT2D eigenvalue weighted by Crippen LogP contribution is 2.33. The summed E-state index contributed by atoms with van der Waals surface area (Å²) < 4.78 is 15.5. The van der Waals surface area contributed by atoms with Gasteiger partial charge in [0, 0.05) is 43.8 Å². The molecule has 0 bridgehead atoms. The third kappa shape index (κ3) is 2.48. The van der Waals surface area contributed by atoms with Crippen molar-refractivity contribution >= 4 is 27.9 Å². The molecule has 0 aromatic carbocycles. The summed E-state index contributed by atoms with van der Waals surface area (Å²) in [4.78, 5) is 22.2. The molecule has 0 amide bonds. The van der Waals surface area contributed by atoms with E-state index in [1.807, 2.05) is 31.1 Å². The monoisotopic (exact) mass is 374 g/mol. The number of imidazole rings is 1. The lowest BCUT2D eigenvalue weighted by Gasteiger charge is -2.13. The van der Waals surface area contributed by atoms with Gasteiger partial charge in [0.1, 0.15) is 11.5 Å². The van der Waals surface area contributed by atoms with Gasteiger partial charge in [-0.15, -0.1) is 0 Å². The topological polar surface area (TPSA) is 99.3 Å². The van der Waals surface area contributed by atoms with Crippen LogP contribution in [0.3, 0.4) is 0 Å². The molecule has 2 N–H and O–H groups in total. The molecule has 8 nitrogen and oxygen atoms in total. The molecule has 0 saturated carbocycles. The molecule has 5 heterocycles. The maximum absolute atomic E-state index is 15.5. The molecule has 0 unspecified atom stereocenters. The molecule has 0 aliphatic rings. The summed E-state index contributed by atoms with van der Waals surface area (Å²) in [7, 11) is 3.81. The Hall–Kier alpha value is -3.88. The van der Waals surface area contributed by atoms with Crippen molar-refractivity contribution in [3.63, 3.8) is 0 Å². The summed E-state index contributed by atoms with van der Waals surface area (Å²) in [6.45, 7) is 0. The first kappa shape index (κ1) is 16.3. The number of rotatable bonds is 3. The molecule has 0 radical (unpaired) electrons. The number of halogens is 1. The van der Waals surface area contributed by atoms with Gasteiger partial charge in [0.15, 0.2) is 17.1 Å². The Morgan fingerprint density at radius 3 is 2.79 bits per heavy atom. The molecule has 5 rings (SSSR count). The molecule has 0 atom stereocenters. The highest BCUT2D eigenvalue weighted by atomic mass is 19.1. The first-order chi connectivity index (χ1) is 13.6. The number of hydrogen-bond acceptors (Lipinski definition) is 6. The number of pyridine rings is 3. The molecule has 5 aromatic rings. The highest BCUT2D eigenvalue weighted by molar-refractivity contribution is 5.94. The summed E-state index contributed by atoms with van der Waals surface area (Å²) in [5, 5.41) is 7.24. The molecular weight excluding hydrogens is 359 g/mol. The highest BCUT2D eigenvalue weighted by Gasteiger charge is 2.20. The summed E-state index contributed by atoms with van der Waals surface area (Å²) >= 11 is 0. The van der Waals surface area contributed by atoms with E-state index in [2.05, 4.69) is 35.1 Å². The van der Waals surface area contributed by atoms with Crippen molar-refractivity contribution in [3.05, 3.63) is 48.8 Å². The van der Waals surface area contributed by atoms with Crippen molar-refractivity contribution in [2.75, 3.05) is 19.0 Å². The van der Waals surface area contributed by atoms with Gasteiger partial charge in [0.05, 0.1) is 22.8 Å². The molecule has 28 heavy (non-hydrogen) atoms. The Bertz CT molecular complexity index is 1290. The van der Waals surface area contributed by atoms with Crippen LogP contribution in [0.5, 0.6) is 0 Å². The van der Waals surface area contributed by atoms with Gasteiger partial charge in [-0.3, -0.25) is 10.1 Å². The number of nitrogens with one attached hydrogen (secondary N) is 2. The molecule has 9 heteroatoms. The lowest BCUT2D eigenvalue weighted by molar-refractivity contribution is 0.642. The minimum atomic E-state index is -0.431. The second-order valence-electron chi connectivity index (χ2n) is 6.57. The van der Waals surface area contributed by atoms with E-state index in [4.69, 9.17) is 0 Å². The van der Waals surface area contributed by atoms with E-state index in [1.54, 1.807) is 24.7 Å². The molecule has 0 saturated heterocycles. The van der Waals surface area contributed by atoms with Crippen LogP contribution in [0.25, 0.3) is 44.8 Å². The fourth-order valence-electron chi connectivity index (χ4n) is 3.11. The van der Waals surface area contributed by atoms with Crippen LogP contribution in [-0.4, -0.2) is 49.2 Å². The van der Waals surface area contributed by atoms with Gasteiger partial charge in [-0.25, -0.2) is 19.3 Å². The van der Waals surface area contributed by atoms with Gasteiger partial charge in [0.25, 0.3) is 0 Å². The van der Waals surface area contributed by atoms with Crippen LogP contribution < -0.4 is 4.90 Å². The fraction of sp³-hybridized carbons (Fsp3) is 0.105. The number of aromatic amines is 2. The van der Waals surface area contributed by atoms with E-state index in [1.165, 1.54) is 6.20 Å². The van der Waals surface area contributed by atoms with Crippen molar-refractivity contribution in [1.82, 2.24) is 35.1 Å². The third-order valence-corrected chi connectivity index (χ3v) is 4.56. The van der Waals surface area contributed by atoms with Crippen molar-refractivity contribution in [2.45, 2.75) is 0 Å². The maximum Gasteiger partial charge on any atom is 0.184 e. The van der Waals surface area contributed by atoms with Crippen LogP contribution in [0.1, 0.15) is 0 Å². The predicted octanol–water partition coefficient (Wildman–Crippen LogP) is 3.16. The number of aromatic nitrogens is 7. The van der Waals surface area contributed by atoms with Gasteiger partial charge in [-0.05, 0) is 18.2 Å². The Kier molecular flexibility index (Phi) is 3.54. The Morgan fingerprint density at radius 2 is 1.96 bits per heavy atom. The summed E-state index contributed by atoms with van der Waals surface area (Å²) in [6.07, 6.45) is 6.46. The van der Waals surface area contributed by atoms with E-state index in [9.17, 15) is 0 Å². The van der Waals surface area contributed by atoms with Crippen molar-refractivity contribution in [2.24, 2.45) is 0 Å². The Balaban J connectivity index is 1.71. The van der Waals surface area contributed by atoms with E-state index in [0.29, 0.717) is 28.3 Å². The number of fused-ring (bicyclic) bond motifs is 2. The quantitative estimate of drug-likeness (QED) is 0.503. The number of anilines is 1. The van der Waals surface area contributed by atoms with Crippen molar-refractivity contribution in [1.29, 1.82) is 0 Å². The van der Waals surface area contributed by atoms with Gasteiger partial charge in [-0.1, -0.05) is 0 Å². The average molecular weight is 374 g/mol. The van der Waals surface area contributed by atoms with Crippen LogP contribution in [0.4, 0.5) is 10.1 Å². The Morgan fingerprint density at radius 1 is 1.07 bits per heavy atom. The first-order valence-corrected chi connectivity index (χ1v) is 8.58. The van der Waals surface area contributed by atoms with Crippen LogP contribution in [0, 0.1) is 5.82 Å². The molecule has 0 fully saturated rings. The van der Waals surface area contributed by atoms with E-state index >= 15 is 4.39 Å². The van der Waals surface area contributed by atoms with E-state index < -0.39 is 5.82 Å². The van der Waals surface area contributed by atoms with Gasteiger partial charge in [-0.2, -0.15) is 5.10 Å². The van der Waals surface area contributed by atoms with Gasteiger partial charge in [0.2, 0.25) is 0 Å². The largest absolute Gasteiger partial charge is 0.376 e. The van der Waals surface area contributed by atoms with Gasteiger partial charge >= 0.3 is 0 Å². The minimum Gasteiger partial charge on any atom is -0.376 e. The number of nitrogens with zero attached hydrogens (tertiary/aromatic N) is 6. The lowest BCUT2D eigenvalue weighted by atomic mass is 10.1. The Labute approximate surface area is 158 Å². The van der Waals surface area contributed by atoms with Gasteiger partial charge < -0.3 is 9.88 Å². The minimum absolute atomic E-state index is 0.270. The van der Waals surface area contributed by atoms with Crippen molar-refractivity contribution in [3.8, 4) is 22.6 Å². The fourth-order valence-corrected chi connectivity index (χ4v) is 3.11. The van der Waals surface area contributed by atoms with E-state index in [-0.39, 0.29) is 11.0 Å². The molecule has 0 aliphatic carbocycles. The third-order valence-electron chi connectivity index (χ3n) is 4.56. The molecule has 138 valence electrons. The number of hydrogen-bond donors (Lipinski definition) is 2. The smallest absolute Gasteiger partial charge is 0.184 e. The van der Waals surface area contributed by atoms with Crippen molar-refractivity contribution < 1.29 is 4.39 Å². The normalized spacial score (nSPS) is 11.4. The van der Waals surface area contributed by atoms with Crippen LogP contribution in [0.2, 0.25) is 0 Å². The number of H-pyrrole nitrogens is 2. The zero-order valence-corrected chi connectivity index (χ0v) is 15.1. The van der Waals surface area contributed by atoms with Crippen LogP contribution in [0.15, 0.2) is 43.0 Å². The molecule has 5 aromatic heterocycles. The zero-order chi connectivity index (χ0) is 19.3. The second-order valence-corrected chi connectivity index (χ2v) is 6.57. The summed E-state index contributed by atoms with van der Waals surface area (Å²) in [5.41, 5.74) is 3.86. The average Bonchev–Trinajstić information content (AvgIpc) is 3.32. The molecule has 0 aliphatic heterocycles. The maximum atomic E-state index is 15.5. The summed E-state index contributed by atoms with van der Waals surface area (Å²) in [5.74, 6) is 0.0223. The van der Waals surface area contributed by atoms with Crippen LogP contribution >= 0.6 is 0 Å². The molecule has 0 spiro atoms.